The van der Waals surface area contributed by atoms with Crippen molar-refractivity contribution in [1.29, 1.82) is 0 Å². The van der Waals surface area contributed by atoms with Crippen molar-refractivity contribution in [1.82, 2.24) is 14.9 Å². The molecule has 0 aliphatic heterocycles. The fourth-order valence-electron chi connectivity index (χ4n) is 2.05. The van der Waals surface area contributed by atoms with Crippen molar-refractivity contribution >= 4 is 27.5 Å². The van der Waals surface area contributed by atoms with Crippen molar-refractivity contribution in [3.8, 4) is 0 Å². The van der Waals surface area contributed by atoms with E-state index in [1.807, 2.05) is 13.0 Å². The molecule has 1 aromatic carbocycles. The lowest BCUT2D eigenvalue weighted by molar-refractivity contribution is 0.516. The molecule has 0 saturated heterocycles. The molecule has 3 nitrogen and oxygen atoms in total. The van der Waals surface area contributed by atoms with E-state index in [2.05, 4.69) is 37.8 Å². The highest BCUT2D eigenvalue weighted by atomic mass is 79.9. The van der Waals surface area contributed by atoms with E-state index < -0.39 is 0 Å². The molecule has 0 bridgehead atoms. The van der Waals surface area contributed by atoms with Crippen molar-refractivity contribution in [3.05, 3.63) is 44.6 Å². The quantitative estimate of drug-likeness (QED) is 0.847. The SMILES string of the molecule is CCCNC(Cc1cc(Br)ccc1F)c1snnc1C. The Bertz CT molecular complexity index is 573. The molecule has 1 atom stereocenters. The second-order valence-electron chi connectivity index (χ2n) is 4.67. The molecule has 0 aliphatic carbocycles. The van der Waals surface area contributed by atoms with E-state index in [-0.39, 0.29) is 11.9 Å². The summed E-state index contributed by atoms with van der Waals surface area (Å²) in [5.41, 5.74) is 1.61. The highest BCUT2D eigenvalue weighted by molar-refractivity contribution is 9.10. The van der Waals surface area contributed by atoms with Crippen LogP contribution in [0.1, 0.15) is 35.5 Å². The van der Waals surface area contributed by atoms with E-state index in [1.165, 1.54) is 17.6 Å². The molecular weight excluding hydrogens is 341 g/mol. The van der Waals surface area contributed by atoms with E-state index in [9.17, 15) is 4.39 Å². The van der Waals surface area contributed by atoms with Crippen LogP contribution in [0.2, 0.25) is 0 Å². The van der Waals surface area contributed by atoms with Gasteiger partial charge in [-0.25, -0.2) is 4.39 Å². The maximum Gasteiger partial charge on any atom is 0.126 e. The summed E-state index contributed by atoms with van der Waals surface area (Å²) in [5.74, 6) is -0.174. The molecule has 108 valence electrons. The summed E-state index contributed by atoms with van der Waals surface area (Å²) in [7, 11) is 0. The molecular formula is C14H17BrFN3S. The topological polar surface area (TPSA) is 37.8 Å². The van der Waals surface area contributed by atoms with Crippen molar-refractivity contribution in [2.24, 2.45) is 0 Å². The number of nitrogens with zero attached hydrogens (tertiary/aromatic N) is 2. The lowest BCUT2D eigenvalue weighted by atomic mass is 10.0. The molecule has 0 aliphatic rings. The van der Waals surface area contributed by atoms with Crippen molar-refractivity contribution in [3.63, 3.8) is 0 Å². The normalized spacial score (nSPS) is 12.6. The highest BCUT2D eigenvalue weighted by Gasteiger charge is 2.19. The number of benzene rings is 1. The number of hydrogen-bond donors (Lipinski definition) is 1. The van der Waals surface area contributed by atoms with E-state index in [0.29, 0.717) is 12.0 Å². The average molecular weight is 358 g/mol. The second kappa shape index (κ2) is 7.24. The first-order chi connectivity index (χ1) is 9.61. The summed E-state index contributed by atoms with van der Waals surface area (Å²) in [6, 6.07) is 5.10. The van der Waals surface area contributed by atoms with Gasteiger partial charge in [-0.15, -0.1) is 5.10 Å². The number of halogens is 2. The zero-order valence-electron chi connectivity index (χ0n) is 11.5. The predicted molar refractivity (Wildman–Crippen MR) is 83.5 cm³/mol. The Hall–Kier alpha value is -0.850. The molecule has 1 N–H and O–H groups in total. The van der Waals surface area contributed by atoms with Gasteiger partial charge in [0, 0.05) is 10.5 Å². The minimum absolute atomic E-state index is 0.0544. The van der Waals surface area contributed by atoms with Gasteiger partial charge in [0.1, 0.15) is 5.82 Å². The van der Waals surface area contributed by atoms with Crippen LogP contribution < -0.4 is 5.32 Å². The third kappa shape index (κ3) is 3.84. The first kappa shape index (κ1) is 15.5. The van der Waals surface area contributed by atoms with E-state index >= 15 is 0 Å². The number of hydrogen-bond acceptors (Lipinski definition) is 4. The molecule has 0 saturated carbocycles. The van der Waals surface area contributed by atoms with E-state index in [1.54, 1.807) is 6.07 Å². The Morgan fingerprint density at radius 1 is 1.45 bits per heavy atom. The first-order valence-electron chi connectivity index (χ1n) is 6.58. The molecule has 0 fully saturated rings. The third-order valence-corrected chi connectivity index (χ3v) is 4.51. The minimum Gasteiger partial charge on any atom is -0.309 e. The average Bonchev–Trinajstić information content (AvgIpc) is 2.84. The van der Waals surface area contributed by atoms with Gasteiger partial charge in [-0.3, -0.25) is 0 Å². The first-order valence-corrected chi connectivity index (χ1v) is 8.14. The molecule has 0 amide bonds. The predicted octanol–water partition coefficient (Wildman–Crippen LogP) is 4.03. The molecule has 0 radical (unpaired) electrons. The molecule has 0 spiro atoms. The third-order valence-electron chi connectivity index (χ3n) is 3.08. The number of rotatable bonds is 6. The number of nitrogens with one attached hydrogen (secondary N) is 1. The van der Waals surface area contributed by atoms with Gasteiger partial charge in [-0.1, -0.05) is 27.3 Å². The molecule has 20 heavy (non-hydrogen) atoms. The Labute approximate surface area is 130 Å². The lowest BCUT2D eigenvalue weighted by Gasteiger charge is -2.18. The molecule has 2 aromatic rings. The van der Waals surface area contributed by atoms with Crippen LogP contribution in [0.3, 0.4) is 0 Å². The standard InChI is InChI=1S/C14H17BrFN3S/c1-3-6-17-13(14-9(2)18-19-20-14)8-10-7-11(15)4-5-12(10)16/h4-5,7,13,17H,3,6,8H2,1-2H3. The van der Waals surface area contributed by atoms with Gasteiger partial charge < -0.3 is 5.32 Å². The summed E-state index contributed by atoms with van der Waals surface area (Å²) in [4.78, 5) is 1.08. The van der Waals surface area contributed by atoms with Crippen LogP contribution in [0, 0.1) is 12.7 Å². The molecule has 1 unspecified atom stereocenters. The van der Waals surface area contributed by atoms with Gasteiger partial charge in [0.2, 0.25) is 0 Å². The maximum atomic E-state index is 13.9. The monoisotopic (exact) mass is 357 g/mol. The van der Waals surface area contributed by atoms with Crippen molar-refractivity contribution in [2.45, 2.75) is 32.7 Å². The van der Waals surface area contributed by atoms with Crippen LogP contribution in [0.25, 0.3) is 0 Å². The molecule has 1 aromatic heterocycles. The Kier molecular flexibility index (Phi) is 5.63. The Morgan fingerprint density at radius 2 is 2.25 bits per heavy atom. The summed E-state index contributed by atoms with van der Waals surface area (Å²) in [6.07, 6.45) is 1.62. The van der Waals surface area contributed by atoms with E-state index in [4.69, 9.17) is 0 Å². The largest absolute Gasteiger partial charge is 0.309 e. The number of aryl methyl sites for hydroxylation is 1. The van der Waals surface area contributed by atoms with Crippen molar-refractivity contribution in [2.75, 3.05) is 6.54 Å². The molecule has 6 heteroatoms. The zero-order valence-corrected chi connectivity index (χ0v) is 13.9. The fourth-order valence-corrected chi connectivity index (χ4v) is 3.18. The maximum absolute atomic E-state index is 13.9. The van der Waals surface area contributed by atoms with E-state index in [0.717, 1.165) is 28.0 Å². The van der Waals surface area contributed by atoms with Crippen LogP contribution in [0.5, 0.6) is 0 Å². The fraction of sp³-hybridized carbons (Fsp3) is 0.429. The highest BCUT2D eigenvalue weighted by Crippen LogP contribution is 2.26. The van der Waals surface area contributed by atoms with Crippen LogP contribution in [-0.2, 0) is 6.42 Å². The molecule has 2 rings (SSSR count). The van der Waals surface area contributed by atoms with Gasteiger partial charge >= 0.3 is 0 Å². The van der Waals surface area contributed by atoms with Crippen molar-refractivity contribution < 1.29 is 4.39 Å². The van der Waals surface area contributed by atoms with Crippen LogP contribution in [0.4, 0.5) is 4.39 Å². The van der Waals surface area contributed by atoms with Gasteiger partial charge in [-0.05, 0) is 61.6 Å². The summed E-state index contributed by atoms with van der Waals surface area (Å²) >= 11 is 4.77. The van der Waals surface area contributed by atoms with Gasteiger partial charge in [-0.2, -0.15) is 0 Å². The lowest BCUT2D eigenvalue weighted by Crippen LogP contribution is -2.24. The van der Waals surface area contributed by atoms with Gasteiger partial charge in [0.15, 0.2) is 0 Å². The second-order valence-corrected chi connectivity index (χ2v) is 6.37. The molecule has 1 heterocycles. The Balaban J connectivity index is 2.23. The van der Waals surface area contributed by atoms with Crippen LogP contribution in [0.15, 0.2) is 22.7 Å². The zero-order chi connectivity index (χ0) is 14.5. The summed E-state index contributed by atoms with van der Waals surface area (Å²) in [6.45, 7) is 4.94. The van der Waals surface area contributed by atoms with Gasteiger partial charge in [0.05, 0.1) is 10.6 Å². The summed E-state index contributed by atoms with van der Waals surface area (Å²) < 4.78 is 18.8. The van der Waals surface area contributed by atoms with Crippen LogP contribution >= 0.6 is 27.5 Å². The van der Waals surface area contributed by atoms with Crippen LogP contribution in [-0.4, -0.2) is 16.1 Å². The summed E-state index contributed by atoms with van der Waals surface area (Å²) in [5, 5.41) is 7.51. The smallest absolute Gasteiger partial charge is 0.126 e. The minimum atomic E-state index is -0.174. The number of aromatic nitrogens is 2. The Morgan fingerprint density at radius 3 is 2.90 bits per heavy atom. The van der Waals surface area contributed by atoms with Gasteiger partial charge in [0.25, 0.3) is 0 Å².